The van der Waals surface area contributed by atoms with Gasteiger partial charge in [0, 0.05) is 6.42 Å². The van der Waals surface area contributed by atoms with Gasteiger partial charge in [-0.1, -0.05) is 0 Å². The van der Waals surface area contributed by atoms with Crippen LogP contribution in [0.4, 0.5) is 0 Å². The predicted molar refractivity (Wildman–Crippen MR) is 50.2 cm³/mol. The van der Waals surface area contributed by atoms with Crippen LogP contribution >= 0.6 is 0 Å². The van der Waals surface area contributed by atoms with Gasteiger partial charge in [0.15, 0.2) is 5.76 Å². The molecule has 2 rings (SSSR count). The molecule has 14 heavy (non-hydrogen) atoms. The molecule has 0 aliphatic carbocycles. The zero-order valence-electron chi connectivity index (χ0n) is 7.82. The zero-order valence-corrected chi connectivity index (χ0v) is 7.82. The van der Waals surface area contributed by atoms with Crippen molar-refractivity contribution in [2.45, 2.75) is 13.3 Å². The van der Waals surface area contributed by atoms with Crippen molar-refractivity contribution in [1.29, 1.82) is 0 Å². The lowest BCUT2D eigenvalue weighted by Crippen LogP contribution is -2.02. The molecule has 0 fully saturated rings. The number of Topliss-reactive ketones (excluding diaryl/α,β-unsaturated/α-hetero) is 1. The molecule has 3 heteroatoms. The van der Waals surface area contributed by atoms with Gasteiger partial charge in [0.2, 0.25) is 5.78 Å². The maximum Gasteiger partial charge on any atom is 0.202 e. The summed E-state index contributed by atoms with van der Waals surface area (Å²) in [6.45, 7) is 1.85. The molecule has 0 radical (unpaired) electrons. The van der Waals surface area contributed by atoms with Crippen LogP contribution in [0.3, 0.4) is 0 Å². The highest BCUT2D eigenvalue weighted by atomic mass is 16.3. The molecule has 0 N–H and O–H groups in total. The lowest BCUT2D eigenvalue weighted by Gasteiger charge is -1.95. The molecule has 0 atom stereocenters. The van der Waals surface area contributed by atoms with Crippen LogP contribution in [0.5, 0.6) is 0 Å². The van der Waals surface area contributed by atoms with Gasteiger partial charge in [0.05, 0.1) is 18.8 Å². The summed E-state index contributed by atoms with van der Waals surface area (Å²) in [6, 6.07) is 3.55. The first-order valence-electron chi connectivity index (χ1n) is 4.36. The van der Waals surface area contributed by atoms with Crippen LogP contribution in [0.25, 0.3) is 0 Å². The van der Waals surface area contributed by atoms with E-state index in [1.807, 2.05) is 6.92 Å². The average Bonchev–Trinajstić information content (AvgIpc) is 2.75. The van der Waals surface area contributed by atoms with Gasteiger partial charge in [0.25, 0.3) is 0 Å². The number of ketones is 1. The monoisotopic (exact) mass is 190 g/mol. The minimum Gasteiger partial charge on any atom is -0.472 e. The third kappa shape index (κ3) is 1.62. The van der Waals surface area contributed by atoms with Crippen LogP contribution in [0.15, 0.2) is 39.8 Å². The predicted octanol–water partition coefficient (Wildman–Crippen LogP) is 2.61. The Morgan fingerprint density at radius 1 is 1.36 bits per heavy atom. The molecule has 0 aliphatic rings. The van der Waals surface area contributed by atoms with E-state index in [9.17, 15) is 4.79 Å². The Morgan fingerprint density at radius 3 is 2.79 bits per heavy atom. The molecule has 0 aliphatic heterocycles. The number of rotatable bonds is 3. The van der Waals surface area contributed by atoms with E-state index >= 15 is 0 Å². The van der Waals surface area contributed by atoms with E-state index in [0.29, 0.717) is 12.2 Å². The second-order valence-electron chi connectivity index (χ2n) is 3.16. The summed E-state index contributed by atoms with van der Waals surface area (Å²) in [5.74, 6) is 0.417. The largest absolute Gasteiger partial charge is 0.472 e. The number of hydrogen-bond donors (Lipinski definition) is 0. The summed E-state index contributed by atoms with van der Waals surface area (Å²) in [5, 5.41) is 0. The Hall–Kier alpha value is -1.77. The molecule has 2 aromatic heterocycles. The van der Waals surface area contributed by atoms with E-state index in [1.165, 1.54) is 6.26 Å². The Labute approximate surface area is 81.3 Å². The van der Waals surface area contributed by atoms with Crippen molar-refractivity contribution in [2.24, 2.45) is 0 Å². The van der Waals surface area contributed by atoms with Crippen LogP contribution in [0, 0.1) is 6.92 Å². The topological polar surface area (TPSA) is 43.4 Å². The van der Waals surface area contributed by atoms with Crippen molar-refractivity contribution in [2.75, 3.05) is 0 Å². The quantitative estimate of drug-likeness (QED) is 0.698. The Kier molecular flexibility index (Phi) is 2.23. The van der Waals surface area contributed by atoms with Gasteiger partial charge in [-0.15, -0.1) is 0 Å². The standard InChI is InChI=1S/C11H10O3/c1-8-2-5-14-11(8)10(12)6-9-3-4-13-7-9/h2-5,7H,6H2,1H3. The molecule has 0 aromatic carbocycles. The molecule has 0 saturated carbocycles. The Morgan fingerprint density at radius 2 is 2.21 bits per heavy atom. The fourth-order valence-corrected chi connectivity index (χ4v) is 1.32. The average molecular weight is 190 g/mol. The van der Waals surface area contributed by atoms with Gasteiger partial charge >= 0.3 is 0 Å². The van der Waals surface area contributed by atoms with Crippen LogP contribution in [-0.2, 0) is 6.42 Å². The molecular formula is C11H10O3. The summed E-state index contributed by atoms with van der Waals surface area (Å²) < 4.78 is 9.97. The molecule has 0 unspecified atom stereocenters. The third-order valence-corrected chi connectivity index (χ3v) is 2.06. The second-order valence-corrected chi connectivity index (χ2v) is 3.16. The van der Waals surface area contributed by atoms with E-state index in [1.54, 1.807) is 24.7 Å². The zero-order chi connectivity index (χ0) is 9.97. The lowest BCUT2D eigenvalue weighted by atomic mass is 10.1. The summed E-state index contributed by atoms with van der Waals surface area (Å²) in [7, 11) is 0. The van der Waals surface area contributed by atoms with Gasteiger partial charge in [0.1, 0.15) is 0 Å². The highest BCUT2D eigenvalue weighted by molar-refractivity contribution is 5.96. The summed E-state index contributed by atoms with van der Waals surface area (Å²) in [4.78, 5) is 11.7. The first kappa shape index (κ1) is 8.81. The van der Waals surface area contributed by atoms with Crippen LogP contribution in [-0.4, -0.2) is 5.78 Å². The fourth-order valence-electron chi connectivity index (χ4n) is 1.32. The van der Waals surface area contributed by atoms with Gasteiger partial charge in [-0.3, -0.25) is 4.79 Å². The Bertz CT molecular complexity index is 423. The lowest BCUT2D eigenvalue weighted by molar-refractivity contribution is 0.0965. The number of hydrogen-bond acceptors (Lipinski definition) is 3. The van der Waals surface area contributed by atoms with Crippen LogP contribution in [0.1, 0.15) is 21.7 Å². The molecular weight excluding hydrogens is 180 g/mol. The van der Waals surface area contributed by atoms with Crippen LogP contribution < -0.4 is 0 Å². The Balaban J connectivity index is 2.14. The van der Waals surface area contributed by atoms with E-state index < -0.39 is 0 Å². The smallest absolute Gasteiger partial charge is 0.202 e. The SMILES string of the molecule is Cc1ccoc1C(=O)Cc1ccoc1. The van der Waals surface area contributed by atoms with E-state index in [2.05, 4.69) is 0 Å². The van der Waals surface area contributed by atoms with Crippen molar-refractivity contribution in [3.63, 3.8) is 0 Å². The van der Waals surface area contributed by atoms with Crippen molar-refractivity contribution in [1.82, 2.24) is 0 Å². The normalized spacial score (nSPS) is 10.4. The third-order valence-electron chi connectivity index (χ3n) is 2.06. The molecule has 72 valence electrons. The maximum absolute atomic E-state index is 11.7. The minimum atomic E-state index is -0.0195. The van der Waals surface area contributed by atoms with Crippen molar-refractivity contribution in [3.05, 3.63) is 47.8 Å². The molecule has 0 saturated heterocycles. The van der Waals surface area contributed by atoms with Crippen molar-refractivity contribution >= 4 is 5.78 Å². The first-order valence-corrected chi connectivity index (χ1v) is 4.36. The van der Waals surface area contributed by atoms with Gasteiger partial charge in [-0.25, -0.2) is 0 Å². The highest BCUT2D eigenvalue weighted by Gasteiger charge is 2.13. The fraction of sp³-hybridized carbons (Fsp3) is 0.182. The summed E-state index contributed by atoms with van der Waals surface area (Å²) >= 11 is 0. The molecule has 3 nitrogen and oxygen atoms in total. The van der Waals surface area contributed by atoms with Crippen LogP contribution in [0.2, 0.25) is 0 Å². The van der Waals surface area contributed by atoms with Crippen molar-refractivity contribution in [3.8, 4) is 0 Å². The molecule has 0 amide bonds. The highest BCUT2D eigenvalue weighted by Crippen LogP contribution is 2.13. The van der Waals surface area contributed by atoms with Gasteiger partial charge < -0.3 is 8.83 Å². The maximum atomic E-state index is 11.7. The van der Waals surface area contributed by atoms with E-state index in [4.69, 9.17) is 8.83 Å². The van der Waals surface area contributed by atoms with E-state index in [-0.39, 0.29) is 5.78 Å². The minimum absolute atomic E-state index is 0.0195. The number of aryl methyl sites for hydroxylation is 1. The number of carbonyl (C=O) groups is 1. The van der Waals surface area contributed by atoms with Gasteiger partial charge in [-0.2, -0.15) is 0 Å². The van der Waals surface area contributed by atoms with Crippen molar-refractivity contribution < 1.29 is 13.6 Å². The summed E-state index contributed by atoms with van der Waals surface area (Å²) in [5.41, 5.74) is 1.74. The van der Waals surface area contributed by atoms with Gasteiger partial charge in [-0.05, 0) is 30.2 Å². The second kappa shape index (κ2) is 3.54. The first-order chi connectivity index (χ1) is 6.77. The molecule has 0 spiro atoms. The molecule has 2 heterocycles. The number of carbonyl (C=O) groups excluding carboxylic acids is 1. The molecule has 2 aromatic rings. The van der Waals surface area contributed by atoms with E-state index in [0.717, 1.165) is 11.1 Å². The molecule has 0 bridgehead atoms. The summed E-state index contributed by atoms with van der Waals surface area (Å²) in [6.07, 6.45) is 4.97. The number of furan rings is 2.